The minimum absolute atomic E-state index is 0. The zero-order valence-corrected chi connectivity index (χ0v) is 18.7. The number of fused-ring (bicyclic) bond motifs is 1. The van der Waals surface area contributed by atoms with Crippen LogP contribution < -0.4 is 17.3 Å². The van der Waals surface area contributed by atoms with Gasteiger partial charge in [0.2, 0.25) is 0 Å². The van der Waals surface area contributed by atoms with E-state index >= 15 is 0 Å². The van der Waals surface area contributed by atoms with Crippen LogP contribution in [0.5, 0.6) is 0 Å². The first kappa shape index (κ1) is 22.0. The van der Waals surface area contributed by atoms with Crippen LogP contribution in [0.2, 0.25) is 0 Å². The van der Waals surface area contributed by atoms with E-state index in [1.165, 1.54) is 49.1 Å². The van der Waals surface area contributed by atoms with Crippen LogP contribution in [-0.4, -0.2) is 23.7 Å². The molecule has 6 aliphatic rings. The first-order valence-corrected chi connectivity index (χ1v) is 12.1. The third-order valence-electron chi connectivity index (χ3n) is 9.93. The summed E-state index contributed by atoms with van der Waals surface area (Å²) in [5.41, 5.74) is -1.08. The van der Waals surface area contributed by atoms with E-state index < -0.39 is 17.3 Å². The Morgan fingerprint density at radius 2 is 1.29 bits per heavy atom. The highest BCUT2D eigenvalue weighted by Gasteiger charge is 2.69. The van der Waals surface area contributed by atoms with Crippen molar-refractivity contribution in [2.75, 3.05) is 13.1 Å². The molecule has 2 saturated heterocycles. The second-order valence-corrected chi connectivity index (χ2v) is 11.2. The van der Waals surface area contributed by atoms with Gasteiger partial charge in [-0.15, -0.1) is 0 Å². The van der Waals surface area contributed by atoms with Crippen molar-refractivity contribution in [3.63, 3.8) is 0 Å². The lowest BCUT2D eigenvalue weighted by Crippen LogP contribution is -3.18. The van der Waals surface area contributed by atoms with Gasteiger partial charge in [0, 0.05) is 31.6 Å². The molecule has 6 fully saturated rings. The largest absolute Gasteiger partial charge is 1.00 e. The molecule has 0 spiro atoms. The molecule has 1 aromatic carbocycles. The Bertz CT molecular complexity index is 787. The minimum atomic E-state index is -4.34. The SMILES string of the molecule is OC(c1ccc(C(F)(F)F)cc1)(C1C2CC3CC(C2)CC1C3)C12CCC[NH+]1CCC2.[Cl-]. The Balaban J connectivity index is 0.00000204. The van der Waals surface area contributed by atoms with Gasteiger partial charge in [-0.3, -0.25) is 0 Å². The maximum Gasteiger partial charge on any atom is 0.416 e. The van der Waals surface area contributed by atoms with Gasteiger partial charge in [-0.2, -0.15) is 13.2 Å². The summed E-state index contributed by atoms with van der Waals surface area (Å²) in [7, 11) is 0. The van der Waals surface area contributed by atoms with E-state index in [2.05, 4.69) is 0 Å². The van der Waals surface area contributed by atoms with Crippen LogP contribution in [0, 0.1) is 29.6 Å². The Hall–Kier alpha value is -0.780. The molecule has 0 aromatic heterocycles. The first-order chi connectivity index (χ1) is 14.3. The summed E-state index contributed by atoms with van der Waals surface area (Å²) in [6, 6.07) is 5.65. The number of hydrogen-bond donors (Lipinski definition) is 2. The maximum absolute atomic E-state index is 13.3. The van der Waals surface area contributed by atoms with E-state index in [4.69, 9.17) is 0 Å². The van der Waals surface area contributed by atoms with E-state index in [-0.39, 0.29) is 23.9 Å². The molecule has 2 nitrogen and oxygen atoms in total. The van der Waals surface area contributed by atoms with Gasteiger partial charge in [0.15, 0.2) is 0 Å². The zero-order valence-electron chi connectivity index (χ0n) is 17.9. The van der Waals surface area contributed by atoms with Crippen molar-refractivity contribution in [1.29, 1.82) is 0 Å². The van der Waals surface area contributed by atoms with Crippen LogP contribution >= 0.6 is 0 Å². The Kier molecular flexibility index (Phi) is 5.23. The minimum Gasteiger partial charge on any atom is -1.00 e. The molecule has 2 N–H and O–H groups in total. The van der Waals surface area contributed by atoms with Crippen LogP contribution in [0.15, 0.2) is 24.3 Å². The summed E-state index contributed by atoms with van der Waals surface area (Å²) in [6.45, 7) is 2.19. The highest BCUT2D eigenvalue weighted by atomic mass is 35.5. The fourth-order valence-corrected chi connectivity index (χ4v) is 9.25. The van der Waals surface area contributed by atoms with Crippen LogP contribution in [0.3, 0.4) is 0 Å². The lowest BCUT2D eigenvalue weighted by molar-refractivity contribution is -0.936. The molecule has 2 aliphatic heterocycles. The van der Waals surface area contributed by atoms with Gasteiger partial charge in [-0.1, -0.05) is 12.1 Å². The van der Waals surface area contributed by atoms with Crippen LogP contribution in [0.4, 0.5) is 13.2 Å². The van der Waals surface area contributed by atoms with Crippen molar-refractivity contribution in [3.8, 4) is 0 Å². The number of rotatable bonds is 3. The predicted molar refractivity (Wildman–Crippen MR) is 108 cm³/mol. The molecule has 4 aliphatic carbocycles. The average molecular weight is 456 g/mol. The summed E-state index contributed by atoms with van der Waals surface area (Å²) in [6.07, 6.45) is 6.12. The second kappa shape index (κ2) is 7.36. The second-order valence-electron chi connectivity index (χ2n) is 11.2. The Morgan fingerprint density at radius 1 is 0.806 bits per heavy atom. The van der Waals surface area contributed by atoms with Gasteiger partial charge < -0.3 is 22.4 Å². The summed E-state index contributed by atoms with van der Waals surface area (Å²) in [4.78, 5) is 1.51. The summed E-state index contributed by atoms with van der Waals surface area (Å²) in [5, 5.41) is 12.9. The van der Waals surface area contributed by atoms with Crippen molar-refractivity contribution in [2.45, 2.75) is 75.1 Å². The zero-order chi connectivity index (χ0) is 20.7. The molecule has 4 saturated carbocycles. The molecule has 2 heterocycles. The summed E-state index contributed by atoms with van der Waals surface area (Å²) in [5.74, 6) is 2.89. The molecule has 172 valence electrons. The van der Waals surface area contributed by atoms with E-state index in [1.807, 2.05) is 0 Å². The van der Waals surface area contributed by atoms with E-state index in [1.54, 1.807) is 12.1 Å². The number of halogens is 4. The molecule has 1 atom stereocenters. The quantitative estimate of drug-likeness (QED) is 0.703. The van der Waals surface area contributed by atoms with Gasteiger partial charge in [0.05, 0.1) is 18.7 Å². The van der Waals surface area contributed by atoms with Crippen molar-refractivity contribution >= 4 is 0 Å². The third-order valence-corrected chi connectivity index (χ3v) is 9.93. The van der Waals surface area contributed by atoms with Crippen LogP contribution in [-0.2, 0) is 11.8 Å². The number of aliphatic hydroxyl groups is 1. The number of alkyl halides is 3. The fraction of sp³-hybridized carbons (Fsp3) is 0.760. The standard InChI is InChI=1S/C25H32F3NO.ClH/c26-25(27,28)21-5-3-20(4-6-21)24(30,23-7-1-9-29(23)10-2-8-23)22-18-12-16-11-17(14-18)15-19(22)13-16;/h3-6,16-19,22,30H,1-2,7-15H2;1H. The Labute approximate surface area is 189 Å². The van der Waals surface area contributed by atoms with Crippen molar-refractivity contribution < 1.29 is 35.6 Å². The van der Waals surface area contributed by atoms with Crippen molar-refractivity contribution in [1.82, 2.24) is 0 Å². The number of benzene rings is 1. The van der Waals surface area contributed by atoms with E-state index in [9.17, 15) is 18.3 Å². The van der Waals surface area contributed by atoms with Crippen molar-refractivity contribution in [3.05, 3.63) is 35.4 Å². The Morgan fingerprint density at radius 3 is 1.77 bits per heavy atom. The summed E-state index contributed by atoms with van der Waals surface area (Å²) < 4.78 is 39.8. The van der Waals surface area contributed by atoms with E-state index in [0.29, 0.717) is 11.8 Å². The monoisotopic (exact) mass is 455 g/mol. The molecular formula is C25H33ClF3NO. The predicted octanol–water partition coefficient (Wildman–Crippen LogP) is 1.18. The highest BCUT2D eigenvalue weighted by Crippen LogP contribution is 2.63. The lowest BCUT2D eigenvalue weighted by atomic mass is 9.45. The molecule has 6 heteroatoms. The van der Waals surface area contributed by atoms with E-state index in [0.717, 1.165) is 56.2 Å². The van der Waals surface area contributed by atoms with Gasteiger partial charge in [-0.25, -0.2) is 0 Å². The fourth-order valence-electron chi connectivity index (χ4n) is 9.25. The molecule has 0 amide bonds. The topological polar surface area (TPSA) is 24.7 Å². The van der Waals surface area contributed by atoms with Gasteiger partial charge >= 0.3 is 6.18 Å². The molecule has 1 aromatic rings. The van der Waals surface area contributed by atoms with Gasteiger partial charge in [0.1, 0.15) is 11.1 Å². The number of hydrogen-bond acceptors (Lipinski definition) is 1. The molecule has 7 rings (SSSR count). The summed E-state index contributed by atoms with van der Waals surface area (Å²) >= 11 is 0. The maximum atomic E-state index is 13.3. The first-order valence-electron chi connectivity index (χ1n) is 12.1. The average Bonchev–Trinajstić information content (AvgIpc) is 3.28. The number of quaternary nitrogens is 1. The molecule has 0 radical (unpaired) electrons. The normalized spacial score (nSPS) is 42.8. The smallest absolute Gasteiger partial charge is 0.416 e. The van der Waals surface area contributed by atoms with Gasteiger partial charge in [-0.05, 0) is 73.5 Å². The molecule has 31 heavy (non-hydrogen) atoms. The van der Waals surface area contributed by atoms with Crippen LogP contribution in [0.25, 0.3) is 0 Å². The highest BCUT2D eigenvalue weighted by molar-refractivity contribution is 5.34. The van der Waals surface area contributed by atoms with Gasteiger partial charge in [0.25, 0.3) is 0 Å². The molecule has 1 unspecified atom stereocenters. The third kappa shape index (κ3) is 3.05. The molecule has 4 bridgehead atoms. The lowest BCUT2D eigenvalue weighted by Gasteiger charge is -2.61. The number of nitrogens with one attached hydrogen (secondary N) is 1. The van der Waals surface area contributed by atoms with Crippen LogP contribution in [0.1, 0.15) is 68.9 Å². The molecular weight excluding hydrogens is 423 g/mol. The van der Waals surface area contributed by atoms with Crippen molar-refractivity contribution in [2.24, 2.45) is 29.6 Å².